The highest BCUT2D eigenvalue weighted by molar-refractivity contribution is 7.80. The van der Waals surface area contributed by atoms with Gasteiger partial charge in [0, 0.05) is 17.6 Å². The minimum Gasteiger partial charge on any atom is -0.388 e. The first-order chi connectivity index (χ1) is 7.31. The molecule has 0 atom stereocenters. The molecule has 0 spiro atoms. The number of thiol groups is 1. The molecule has 2 aromatic carbocycles. The molecule has 0 radical (unpaired) electrons. The third kappa shape index (κ3) is 2.16. The molecule has 0 saturated carbocycles. The highest BCUT2D eigenvalue weighted by atomic mass is 32.1. The Morgan fingerprint density at radius 3 is 2.20 bits per heavy atom. The van der Waals surface area contributed by atoms with Crippen molar-refractivity contribution in [1.29, 1.82) is 0 Å². The summed E-state index contributed by atoms with van der Waals surface area (Å²) in [5.74, 6) is 0. The van der Waals surface area contributed by atoms with Crippen LogP contribution in [-0.4, -0.2) is 7.05 Å². The molecule has 1 nitrogen and oxygen atoms in total. The number of hydrogen-bond acceptors (Lipinski definition) is 2. The molecule has 15 heavy (non-hydrogen) atoms. The van der Waals surface area contributed by atoms with E-state index in [2.05, 4.69) is 48.3 Å². The van der Waals surface area contributed by atoms with Crippen molar-refractivity contribution in [2.75, 3.05) is 12.4 Å². The van der Waals surface area contributed by atoms with E-state index in [0.29, 0.717) is 0 Å². The summed E-state index contributed by atoms with van der Waals surface area (Å²) in [5.41, 5.74) is 3.48. The second kappa shape index (κ2) is 4.41. The van der Waals surface area contributed by atoms with Crippen LogP contribution in [0.1, 0.15) is 0 Å². The lowest BCUT2D eigenvalue weighted by atomic mass is 10.1. The summed E-state index contributed by atoms with van der Waals surface area (Å²) in [6.45, 7) is 0. The molecule has 76 valence electrons. The third-order valence-corrected chi connectivity index (χ3v) is 2.78. The maximum absolute atomic E-state index is 4.44. The number of rotatable bonds is 2. The molecule has 0 aliphatic rings. The third-order valence-electron chi connectivity index (χ3n) is 2.39. The molecule has 2 heteroatoms. The van der Waals surface area contributed by atoms with Crippen LogP contribution in [0.25, 0.3) is 11.1 Å². The summed E-state index contributed by atoms with van der Waals surface area (Å²) in [5, 5.41) is 3.10. The molecule has 0 amide bonds. The van der Waals surface area contributed by atoms with Crippen molar-refractivity contribution in [2.24, 2.45) is 0 Å². The molecule has 0 aromatic heterocycles. The zero-order valence-corrected chi connectivity index (χ0v) is 9.46. The molecule has 2 rings (SSSR count). The van der Waals surface area contributed by atoms with Gasteiger partial charge in [0.05, 0.1) is 0 Å². The first-order valence-electron chi connectivity index (χ1n) is 4.87. The summed E-state index contributed by atoms with van der Waals surface area (Å²) in [7, 11) is 1.92. The van der Waals surface area contributed by atoms with Crippen LogP contribution in [0.4, 0.5) is 5.69 Å². The number of anilines is 1. The van der Waals surface area contributed by atoms with Crippen molar-refractivity contribution >= 4 is 18.3 Å². The van der Waals surface area contributed by atoms with Crippen LogP contribution in [0.15, 0.2) is 53.4 Å². The molecule has 0 aliphatic carbocycles. The summed E-state index contributed by atoms with van der Waals surface area (Å²) in [6, 6.07) is 16.4. The van der Waals surface area contributed by atoms with Gasteiger partial charge >= 0.3 is 0 Å². The van der Waals surface area contributed by atoms with Gasteiger partial charge in [-0.15, -0.1) is 12.6 Å². The number of nitrogens with one attached hydrogen (secondary N) is 1. The Kier molecular flexibility index (Phi) is 2.97. The van der Waals surface area contributed by atoms with E-state index in [1.165, 1.54) is 11.1 Å². The van der Waals surface area contributed by atoms with E-state index in [0.717, 1.165) is 10.6 Å². The molecular formula is C13H13NS. The van der Waals surface area contributed by atoms with Crippen LogP contribution in [0, 0.1) is 0 Å². The lowest BCUT2D eigenvalue weighted by Crippen LogP contribution is -1.87. The van der Waals surface area contributed by atoms with Gasteiger partial charge in [0.2, 0.25) is 0 Å². The van der Waals surface area contributed by atoms with Crippen LogP contribution in [0.5, 0.6) is 0 Å². The van der Waals surface area contributed by atoms with E-state index in [-0.39, 0.29) is 0 Å². The Hall–Kier alpha value is -1.41. The van der Waals surface area contributed by atoms with Gasteiger partial charge in [-0.1, -0.05) is 30.3 Å². The molecule has 0 unspecified atom stereocenters. The molecule has 0 heterocycles. The van der Waals surface area contributed by atoms with Crippen molar-refractivity contribution < 1.29 is 0 Å². The highest BCUT2D eigenvalue weighted by Gasteiger charge is 2.00. The van der Waals surface area contributed by atoms with Gasteiger partial charge < -0.3 is 5.32 Å². The minimum atomic E-state index is 1.01. The number of hydrogen-bond donors (Lipinski definition) is 2. The normalized spacial score (nSPS) is 10.0. The standard InChI is InChI=1S/C13H13NS/c1-14-11-8-6-10(7-9-11)12-4-2-3-5-13(12)15/h2-9,14-15H,1H3. The topological polar surface area (TPSA) is 12.0 Å². The fourth-order valence-corrected chi connectivity index (χ4v) is 1.82. The largest absolute Gasteiger partial charge is 0.388 e. The van der Waals surface area contributed by atoms with E-state index in [1.54, 1.807) is 0 Å². The molecule has 0 bridgehead atoms. The zero-order chi connectivity index (χ0) is 10.7. The highest BCUT2D eigenvalue weighted by Crippen LogP contribution is 2.26. The first kappa shape index (κ1) is 10.1. The van der Waals surface area contributed by atoms with Gasteiger partial charge in [-0.2, -0.15) is 0 Å². The van der Waals surface area contributed by atoms with Crippen LogP contribution < -0.4 is 5.32 Å². The Morgan fingerprint density at radius 1 is 0.933 bits per heavy atom. The summed E-state index contributed by atoms with van der Waals surface area (Å²) < 4.78 is 0. The lowest BCUT2D eigenvalue weighted by molar-refractivity contribution is 1.44. The first-order valence-corrected chi connectivity index (χ1v) is 5.32. The van der Waals surface area contributed by atoms with Crippen molar-refractivity contribution in [2.45, 2.75) is 4.90 Å². The quantitative estimate of drug-likeness (QED) is 0.728. The minimum absolute atomic E-state index is 1.01. The van der Waals surface area contributed by atoms with Gasteiger partial charge in [-0.05, 0) is 29.3 Å². The van der Waals surface area contributed by atoms with Crippen molar-refractivity contribution in [3.05, 3.63) is 48.5 Å². The lowest BCUT2D eigenvalue weighted by Gasteiger charge is -2.06. The summed E-state index contributed by atoms with van der Waals surface area (Å²) in [6.07, 6.45) is 0. The molecule has 1 N–H and O–H groups in total. The Balaban J connectivity index is 2.42. The Bertz CT molecular complexity index is 448. The monoisotopic (exact) mass is 215 g/mol. The Labute approximate surface area is 95.6 Å². The van der Waals surface area contributed by atoms with Gasteiger partial charge in [0.25, 0.3) is 0 Å². The zero-order valence-electron chi connectivity index (χ0n) is 8.57. The maximum atomic E-state index is 4.44. The van der Waals surface area contributed by atoms with Gasteiger partial charge in [0.15, 0.2) is 0 Å². The van der Waals surface area contributed by atoms with E-state index in [9.17, 15) is 0 Å². The van der Waals surface area contributed by atoms with Crippen molar-refractivity contribution in [3.63, 3.8) is 0 Å². The smallest absolute Gasteiger partial charge is 0.0337 e. The van der Waals surface area contributed by atoms with Gasteiger partial charge in [-0.25, -0.2) is 0 Å². The summed E-state index contributed by atoms with van der Waals surface area (Å²) in [4.78, 5) is 1.01. The van der Waals surface area contributed by atoms with Crippen LogP contribution >= 0.6 is 12.6 Å². The number of benzene rings is 2. The second-order valence-corrected chi connectivity index (χ2v) is 3.83. The van der Waals surface area contributed by atoms with E-state index >= 15 is 0 Å². The molecule has 0 saturated heterocycles. The van der Waals surface area contributed by atoms with Gasteiger partial charge in [0.1, 0.15) is 0 Å². The predicted molar refractivity (Wildman–Crippen MR) is 68.7 cm³/mol. The fourth-order valence-electron chi connectivity index (χ4n) is 1.53. The van der Waals surface area contributed by atoms with E-state index < -0.39 is 0 Å². The molecule has 2 aromatic rings. The van der Waals surface area contributed by atoms with Crippen LogP contribution in [0.2, 0.25) is 0 Å². The predicted octanol–water partition coefficient (Wildman–Crippen LogP) is 3.68. The second-order valence-electron chi connectivity index (χ2n) is 3.34. The molecular weight excluding hydrogens is 202 g/mol. The maximum Gasteiger partial charge on any atom is 0.0337 e. The summed E-state index contributed by atoms with van der Waals surface area (Å²) >= 11 is 4.44. The van der Waals surface area contributed by atoms with E-state index in [1.807, 2.05) is 25.2 Å². The molecule has 0 fully saturated rings. The average Bonchev–Trinajstić information content (AvgIpc) is 2.30. The SMILES string of the molecule is CNc1ccc(-c2ccccc2S)cc1. The fraction of sp³-hybridized carbons (Fsp3) is 0.0769. The van der Waals surface area contributed by atoms with Crippen molar-refractivity contribution in [1.82, 2.24) is 0 Å². The van der Waals surface area contributed by atoms with E-state index in [4.69, 9.17) is 0 Å². The average molecular weight is 215 g/mol. The van der Waals surface area contributed by atoms with Crippen LogP contribution in [-0.2, 0) is 0 Å². The van der Waals surface area contributed by atoms with Gasteiger partial charge in [-0.3, -0.25) is 0 Å². The van der Waals surface area contributed by atoms with Crippen LogP contribution in [0.3, 0.4) is 0 Å². The Morgan fingerprint density at radius 2 is 1.60 bits per heavy atom. The molecule has 0 aliphatic heterocycles. The van der Waals surface area contributed by atoms with Crippen molar-refractivity contribution in [3.8, 4) is 11.1 Å².